The molecule has 0 saturated heterocycles. The molecule has 1 rings (SSSR count). The lowest BCUT2D eigenvalue weighted by Gasteiger charge is -2.14. The Morgan fingerprint density at radius 3 is 2.42 bits per heavy atom. The highest BCUT2D eigenvalue weighted by Crippen LogP contribution is 2.25. The topological polar surface area (TPSA) is 26.3 Å². The molecule has 2 nitrogen and oxygen atoms in total. The van der Waals surface area contributed by atoms with Crippen molar-refractivity contribution in [2.24, 2.45) is 0 Å². The Balaban J connectivity index is 3.03. The lowest BCUT2D eigenvalue weighted by molar-refractivity contribution is -0.137. The van der Waals surface area contributed by atoms with Crippen molar-refractivity contribution in [3.8, 4) is 0 Å². The Labute approximate surface area is 116 Å². The van der Waals surface area contributed by atoms with E-state index in [0.29, 0.717) is 18.4 Å². The van der Waals surface area contributed by atoms with Crippen LogP contribution in [-0.2, 0) is 9.53 Å². The summed E-state index contributed by atoms with van der Waals surface area (Å²) in [6.07, 6.45) is 3.34. The largest absolute Gasteiger partial charge is 0.463 e. The van der Waals surface area contributed by atoms with Gasteiger partial charge in [0.05, 0.1) is 6.61 Å². The first-order chi connectivity index (χ1) is 8.95. The molecule has 1 aromatic carbocycles. The summed E-state index contributed by atoms with van der Waals surface area (Å²) in [6, 6.07) is 6.45. The summed E-state index contributed by atoms with van der Waals surface area (Å²) in [5.41, 5.74) is 3.69. The second-order valence-electron chi connectivity index (χ2n) is 5.28. The maximum atomic E-state index is 11.4. The zero-order valence-electron chi connectivity index (χ0n) is 12.6. The van der Waals surface area contributed by atoms with Gasteiger partial charge in [0.1, 0.15) is 0 Å². The standard InChI is InChI=1S/C17H24O2/c1-6-19-17(18)10-9-14-7-8-15(12(2)3)11-16(14)13(4)5/h7-13H,6H2,1-5H3. The third-order valence-corrected chi connectivity index (χ3v) is 3.09. The minimum atomic E-state index is -0.287. The molecule has 0 aliphatic heterocycles. The predicted octanol–water partition coefficient (Wildman–Crippen LogP) is 4.51. The van der Waals surface area contributed by atoms with E-state index in [-0.39, 0.29) is 5.97 Å². The van der Waals surface area contributed by atoms with Gasteiger partial charge in [0, 0.05) is 6.08 Å². The molecule has 0 aliphatic carbocycles. The van der Waals surface area contributed by atoms with Crippen LogP contribution in [0, 0.1) is 0 Å². The molecular formula is C17H24O2. The number of hydrogen-bond acceptors (Lipinski definition) is 2. The third kappa shape index (κ3) is 4.55. The van der Waals surface area contributed by atoms with Crippen LogP contribution in [0.15, 0.2) is 24.3 Å². The molecular weight excluding hydrogens is 236 g/mol. The summed E-state index contributed by atoms with van der Waals surface area (Å²) in [7, 11) is 0. The highest BCUT2D eigenvalue weighted by molar-refractivity contribution is 5.87. The Morgan fingerprint density at radius 1 is 1.21 bits per heavy atom. The second kappa shape index (κ2) is 7.13. The van der Waals surface area contributed by atoms with E-state index < -0.39 is 0 Å². The van der Waals surface area contributed by atoms with Crippen LogP contribution in [0.5, 0.6) is 0 Å². The molecule has 0 bridgehead atoms. The molecule has 0 amide bonds. The zero-order valence-corrected chi connectivity index (χ0v) is 12.6. The van der Waals surface area contributed by atoms with Gasteiger partial charge in [0.15, 0.2) is 0 Å². The average Bonchev–Trinajstić information content (AvgIpc) is 2.36. The van der Waals surface area contributed by atoms with Crippen molar-refractivity contribution in [1.29, 1.82) is 0 Å². The summed E-state index contributed by atoms with van der Waals surface area (Å²) in [6.45, 7) is 10.9. The van der Waals surface area contributed by atoms with Gasteiger partial charge in [-0.3, -0.25) is 0 Å². The van der Waals surface area contributed by atoms with Crippen molar-refractivity contribution in [1.82, 2.24) is 0 Å². The first-order valence-electron chi connectivity index (χ1n) is 6.94. The van der Waals surface area contributed by atoms with E-state index in [2.05, 4.69) is 45.9 Å². The summed E-state index contributed by atoms with van der Waals surface area (Å²) in [5.74, 6) is 0.659. The summed E-state index contributed by atoms with van der Waals surface area (Å²) in [4.78, 5) is 11.4. The van der Waals surface area contributed by atoms with Crippen LogP contribution in [0.1, 0.15) is 63.1 Å². The van der Waals surface area contributed by atoms with Crippen molar-refractivity contribution in [3.63, 3.8) is 0 Å². The SMILES string of the molecule is CCOC(=O)C=Cc1ccc(C(C)C)cc1C(C)C. The third-order valence-electron chi connectivity index (χ3n) is 3.09. The van der Waals surface area contributed by atoms with Crippen LogP contribution in [0.2, 0.25) is 0 Å². The molecule has 0 fully saturated rings. The van der Waals surface area contributed by atoms with Crippen molar-refractivity contribution < 1.29 is 9.53 Å². The molecule has 0 heterocycles. The Hall–Kier alpha value is -1.57. The Bertz CT molecular complexity index is 456. The fraction of sp³-hybridized carbons (Fsp3) is 0.471. The second-order valence-corrected chi connectivity index (χ2v) is 5.28. The highest BCUT2D eigenvalue weighted by Gasteiger charge is 2.08. The molecule has 0 N–H and O–H groups in total. The average molecular weight is 260 g/mol. The molecule has 0 aliphatic rings. The molecule has 0 saturated carbocycles. The molecule has 0 spiro atoms. The number of esters is 1. The van der Waals surface area contributed by atoms with Crippen LogP contribution >= 0.6 is 0 Å². The predicted molar refractivity (Wildman–Crippen MR) is 80.3 cm³/mol. The van der Waals surface area contributed by atoms with Gasteiger partial charge in [-0.15, -0.1) is 0 Å². The first kappa shape index (κ1) is 15.5. The van der Waals surface area contributed by atoms with Crippen LogP contribution in [0.4, 0.5) is 0 Å². The smallest absolute Gasteiger partial charge is 0.330 e. The Morgan fingerprint density at radius 2 is 1.89 bits per heavy atom. The number of rotatable bonds is 5. The lowest BCUT2D eigenvalue weighted by Crippen LogP contribution is -2.00. The monoisotopic (exact) mass is 260 g/mol. The van der Waals surface area contributed by atoms with Gasteiger partial charge in [-0.2, -0.15) is 0 Å². The number of carbonyl (C=O) groups excluding carboxylic acids is 1. The van der Waals surface area contributed by atoms with Gasteiger partial charge in [0.25, 0.3) is 0 Å². The molecule has 104 valence electrons. The van der Waals surface area contributed by atoms with Crippen molar-refractivity contribution in [2.75, 3.05) is 6.61 Å². The zero-order chi connectivity index (χ0) is 14.4. The van der Waals surface area contributed by atoms with E-state index in [0.717, 1.165) is 5.56 Å². The van der Waals surface area contributed by atoms with E-state index in [1.807, 2.05) is 13.0 Å². The van der Waals surface area contributed by atoms with Gasteiger partial charge in [-0.25, -0.2) is 4.79 Å². The number of ether oxygens (including phenoxy) is 1. The van der Waals surface area contributed by atoms with E-state index in [4.69, 9.17) is 4.74 Å². The van der Waals surface area contributed by atoms with Crippen LogP contribution in [0.3, 0.4) is 0 Å². The maximum absolute atomic E-state index is 11.4. The summed E-state index contributed by atoms with van der Waals surface area (Å²) >= 11 is 0. The van der Waals surface area contributed by atoms with E-state index in [1.54, 1.807) is 0 Å². The molecule has 0 aromatic heterocycles. The fourth-order valence-electron chi connectivity index (χ4n) is 1.95. The normalized spacial score (nSPS) is 11.5. The van der Waals surface area contributed by atoms with Gasteiger partial charge in [0.2, 0.25) is 0 Å². The molecule has 0 radical (unpaired) electrons. The van der Waals surface area contributed by atoms with E-state index >= 15 is 0 Å². The molecule has 1 aromatic rings. The molecule has 0 unspecified atom stereocenters. The minimum absolute atomic E-state index is 0.287. The Kier molecular flexibility index (Phi) is 5.81. The minimum Gasteiger partial charge on any atom is -0.463 e. The van der Waals surface area contributed by atoms with Gasteiger partial charge >= 0.3 is 5.97 Å². The molecule has 0 atom stereocenters. The lowest BCUT2D eigenvalue weighted by atomic mass is 9.91. The van der Waals surface area contributed by atoms with Gasteiger partial charge in [-0.1, -0.05) is 45.9 Å². The van der Waals surface area contributed by atoms with Crippen LogP contribution in [0.25, 0.3) is 6.08 Å². The van der Waals surface area contributed by atoms with Crippen LogP contribution in [-0.4, -0.2) is 12.6 Å². The highest BCUT2D eigenvalue weighted by atomic mass is 16.5. The fourth-order valence-corrected chi connectivity index (χ4v) is 1.95. The van der Waals surface area contributed by atoms with Crippen molar-refractivity contribution in [3.05, 3.63) is 41.0 Å². The molecule has 19 heavy (non-hydrogen) atoms. The maximum Gasteiger partial charge on any atom is 0.330 e. The van der Waals surface area contributed by atoms with Gasteiger partial charge in [-0.05, 0) is 41.5 Å². The quantitative estimate of drug-likeness (QED) is 0.575. The summed E-state index contributed by atoms with van der Waals surface area (Å²) < 4.78 is 4.90. The van der Waals surface area contributed by atoms with Crippen LogP contribution < -0.4 is 0 Å². The number of hydrogen-bond donors (Lipinski definition) is 0. The van der Waals surface area contributed by atoms with Crippen molar-refractivity contribution in [2.45, 2.75) is 46.5 Å². The number of carbonyl (C=O) groups is 1. The number of benzene rings is 1. The first-order valence-corrected chi connectivity index (χ1v) is 6.94. The van der Waals surface area contributed by atoms with E-state index in [9.17, 15) is 4.79 Å². The molecule has 2 heteroatoms. The van der Waals surface area contributed by atoms with Crippen molar-refractivity contribution >= 4 is 12.0 Å². The van der Waals surface area contributed by atoms with Gasteiger partial charge < -0.3 is 4.74 Å². The summed E-state index contributed by atoms with van der Waals surface area (Å²) in [5, 5.41) is 0. The van der Waals surface area contributed by atoms with E-state index in [1.165, 1.54) is 17.2 Å².